The monoisotopic (exact) mass is 528 g/mol. The van der Waals surface area contributed by atoms with Gasteiger partial charge < -0.3 is 14.5 Å². The summed E-state index contributed by atoms with van der Waals surface area (Å²) in [5.74, 6) is -0.547. The van der Waals surface area contributed by atoms with Crippen LogP contribution in [-0.2, 0) is 15.6 Å². The summed E-state index contributed by atoms with van der Waals surface area (Å²) in [6.07, 6.45) is 1.99. The molecule has 37 heavy (non-hydrogen) atoms. The molecule has 0 unspecified atom stereocenters. The van der Waals surface area contributed by atoms with E-state index in [1.165, 1.54) is 31.8 Å². The summed E-state index contributed by atoms with van der Waals surface area (Å²) in [5.41, 5.74) is 0.317. The van der Waals surface area contributed by atoms with Crippen LogP contribution in [0.2, 0.25) is 0 Å². The highest BCUT2D eigenvalue weighted by molar-refractivity contribution is 7.91. The third kappa shape index (κ3) is 5.21. The normalized spacial score (nSPS) is 13.2. The van der Waals surface area contributed by atoms with Gasteiger partial charge in [-0.2, -0.15) is 0 Å². The van der Waals surface area contributed by atoms with E-state index in [9.17, 15) is 17.6 Å². The second-order valence-corrected chi connectivity index (χ2v) is 10.6. The molecule has 0 spiro atoms. The Labute approximate surface area is 212 Å². The van der Waals surface area contributed by atoms with Gasteiger partial charge in [0, 0.05) is 12.0 Å². The average Bonchev–Trinajstić information content (AvgIpc) is 3.29. The molecular formula is C24H25FN6O5S. The molecule has 3 aromatic heterocycles. The van der Waals surface area contributed by atoms with Crippen molar-refractivity contribution in [3.8, 4) is 28.7 Å². The van der Waals surface area contributed by atoms with E-state index in [1.54, 1.807) is 37.3 Å². The number of nitrogens with zero attached hydrogens (tertiary/aromatic N) is 5. The van der Waals surface area contributed by atoms with Crippen molar-refractivity contribution in [2.45, 2.75) is 30.8 Å². The van der Waals surface area contributed by atoms with E-state index >= 15 is 0 Å². The van der Waals surface area contributed by atoms with Crippen LogP contribution in [0.3, 0.4) is 0 Å². The van der Waals surface area contributed by atoms with Crippen molar-refractivity contribution in [3.63, 3.8) is 0 Å². The summed E-state index contributed by atoms with van der Waals surface area (Å²) < 4.78 is 52.9. The summed E-state index contributed by atoms with van der Waals surface area (Å²) in [7, 11) is -0.933. The molecular weight excluding hydrogens is 503 g/mol. The number of pyridine rings is 1. The molecule has 0 aliphatic heterocycles. The number of nitrogens with one attached hydrogen (secondary N) is 1. The first-order valence-electron chi connectivity index (χ1n) is 11.2. The van der Waals surface area contributed by atoms with E-state index in [1.807, 2.05) is 0 Å². The largest absolute Gasteiger partial charge is 0.494 e. The minimum Gasteiger partial charge on any atom is -0.494 e. The molecule has 0 aliphatic rings. The Balaban J connectivity index is 1.84. The van der Waals surface area contributed by atoms with Gasteiger partial charge in [0.25, 0.3) is 0 Å². The van der Waals surface area contributed by atoms with Crippen molar-refractivity contribution in [1.82, 2.24) is 29.7 Å². The molecule has 4 aromatic rings. The zero-order valence-electron chi connectivity index (χ0n) is 20.5. The summed E-state index contributed by atoms with van der Waals surface area (Å²) in [4.78, 5) is 22.6. The van der Waals surface area contributed by atoms with Gasteiger partial charge in [0.15, 0.2) is 27.3 Å². The van der Waals surface area contributed by atoms with Crippen LogP contribution in [0.4, 0.5) is 4.39 Å². The first kappa shape index (κ1) is 25.9. The fourth-order valence-corrected chi connectivity index (χ4v) is 5.39. The fraction of sp³-hybridized carbons (Fsp3) is 0.292. The predicted molar refractivity (Wildman–Crippen MR) is 133 cm³/mol. The minimum absolute atomic E-state index is 0.0709. The number of benzene rings is 1. The molecule has 3 heterocycles. The summed E-state index contributed by atoms with van der Waals surface area (Å²) >= 11 is 0. The number of hydrogen-bond donors (Lipinski definition) is 1. The van der Waals surface area contributed by atoms with E-state index in [2.05, 4.69) is 25.1 Å². The Morgan fingerprint density at radius 3 is 2.22 bits per heavy atom. The van der Waals surface area contributed by atoms with Crippen molar-refractivity contribution in [1.29, 1.82) is 0 Å². The molecule has 0 bridgehead atoms. The highest BCUT2D eigenvalue weighted by Gasteiger charge is 2.33. The number of rotatable bonds is 9. The molecule has 13 heteroatoms. The number of methoxy groups -OCH3 is 2. The van der Waals surface area contributed by atoms with Crippen molar-refractivity contribution in [3.05, 3.63) is 76.6 Å². The Kier molecular flexibility index (Phi) is 7.34. The Morgan fingerprint density at radius 2 is 1.62 bits per heavy atom. The van der Waals surface area contributed by atoms with Crippen LogP contribution in [0, 0.1) is 5.82 Å². The maximum Gasteiger partial charge on any atom is 0.248 e. The summed E-state index contributed by atoms with van der Waals surface area (Å²) in [6.45, 7) is 3.19. The first-order chi connectivity index (χ1) is 17.7. The lowest BCUT2D eigenvalue weighted by Crippen LogP contribution is -2.27. The van der Waals surface area contributed by atoms with Crippen LogP contribution in [0.25, 0.3) is 17.2 Å². The molecule has 0 saturated carbocycles. The Morgan fingerprint density at radius 1 is 1.00 bits per heavy atom. The Hall–Kier alpha value is -4.13. The van der Waals surface area contributed by atoms with Gasteiger partial charge in [-0.15, -0.1) is 10.2 Å². The van der Waals surface area contributed by atoms with Gasteiger partial charge in [0.1, 0.15) is 28.8 Å². The van der Waals surface area contributed by atoms with Crippen LogP contribution in [0.1, 0.15) is 31.4 Å². The second-order valence-electron chi connectivity index (χ2n) is 8.28. The predicted octanol–water partition coefficient (Wildman–Crippen LogP) is 2.68. The Bertz CT molecular complexity index is 1550. The lowest BCUT2D eigenvalue weighted by molar-refractivity contribution is 0.390. The lowest BCUT2D eigenvalue weighted by atomic mass is 10.1. The van der Waals surface area contributed by atoms with E-state index in [0.29, 0.717) is 22.9 Å². The highest BCUT2D eigenvalue weighted by Crippen LogP contribution is 2.36. The van der Waals surface area contributed by atoms with Crippen LogP contribution in [0.5, 0.6) is 11.5 Å². The molecule has 1 N–H and O–H groups in total. The SMILES string of the molecule is COc1cccc(OC)c1-n1c(CS(=O)(=O)[C@@H](C)[C@H](C)c2ncc(F)cn2)nnc1-c1cccc(=O)[nH]1. The van der Waals surface area contributed by atoms with Crippen molar-refractivity contribution < 1.29 is 22.3 Å². The van der Waals surface area contributed by atoms with Gasteiger partial charge in [-0.3, -0.25) is 9.36 Å². The van der Waals surface area contributed by atoms with E-state index < -0.39 is 32.6 Å². The smallest absolute Gasteiger partial charge is 0.248 e. The zero-order chi connectivity index (χ0) is 26.7. The summed E-state index contributed by atoms with van der Waals surface area (Å²) in [6, 6.07) is 9.61. The second kappa shape index (κ2) is 10.5. The van der Waals surface area contributed by atoms with Gasteiger partial charge in [-0.05, 0) is 25.1 Å². The van der Waals surface area contributed by atoms with Crippen LogP contribution in [-0.4, -0.2) is 57.6 Å². The van der Waals surface area contributed by atoms with Gasteiger partial charge >= 0.3 is 0 Å². The van der Waals surface area contributed by atoms with Crippen LogP contribution < -0.4 is 15.0 Å². The third-order valence-electron chi connectivity index (χ3n) is 6.01. The van der Waals surface area contributed by atoms with E-state index in [-0.39, 0.29) is 23.0 Å². The van der Waals surface area contributed by atoms with E-state index in [4.69, 9.17) is 9.47 Å². The van der Waals surface area contributed by atoms with Crippen LogP contribution >= 0.6 is 0 Å². The number of aromatic amines is 1. The molecule has 4 rings (SSSR count). The standard InChI is InChI=1S/C24H25FN6O5S/c1-14(23-26-11-16(25)12-27-23)15(2)37(33,34)13-20-29-30-24(17-7-5-10-21(32)28-17)31(20)22-18(35-3)8-6-9-19(22)36-4/h5-12,14-15H,13H2,1-4H3,(H,28,32)/t14-,15-/m0/s1. The molecule has 0 amide bonds. The molecule has 0 aliphatic carbocycles. The molecule has 194 valence electrons. The number of H-pyrrole nitrogens is 1. The van der Waals surface area contributed by atoms with Crippen molar-refractivity contribution >= 4 is 9.84 Å². The molecule has 0 fully saturated rings. The highest BCUT2D eigenvalue weighted by atomic mass is 32.2. The first-order valence-corrected chi connectivity index (χ1v) is 12.9. The maximum absolute atomic E-state index is 13.5. The third-order valence-corrected chi connectivity index (χ3v) is 8.21. The quantitative estimate of drug-likeness (QED) is 0.347. The van der Waals surface area contributed by atoms with Crippen LogP contribution in [0.15, 0.2) is 53.6 Å². The number of halogens is 1. The number of hydrogen-bond acceptors (Lipinski definition) is 9. The zero-order valence-corrected chi connectivity index (χ0v) is 21.4. The van der Waals surface area contributed by atoms with Gasteiger partial charge in [0.05, 0.1) is 37.6 Å². The molecule has 2 atom stereocenters. The number of aromatic nitrogens is 6. The fourth-order valence-electron chi connectivity index (χ4n) is 3.84. The van der Waals surface area contributed by atoms with Crippen molar-refractivity contribution in [2.24, 2.45) is 0 Å². The number of sulfone groups is 1. The molecule has 11 nitrogen and oxygen atoms in total. The van der Waals surface area contributed by atoms with Gasteiger partial charge in [-0.1, -0.05) is 19.1 Å². The van der Waals surface area contributed by atoms with E-state index in [0.717, 1.165) is 12.4 Å². The summed E-state index contributed by atoms with van der Waals surface area (Å²) in [5, 5.41) is 7.45. The maximum atomic E-state index is 13.5. The lowest BCUT2D eigenvalue weighted by Gasteiger charge is -2.20. The minimum atomic E-state index is -3.87. The van der Waals surface area contributed by atoms with Gasteiger partial charge in [0.2, 0.25) is 5.56 Å². The van der Waals surface area contributed by atoms with Gasteiger partial charge in [-0.25, -0.2) is 22.8 Å². The number of para-hydroxylation sites is 1. The topological polar surface area (TPSA) is 142 Å². The molecule has 1 aromatic carbocycles. The van der Waals surface area contributed by atoms with Crippen molar-refractivity contribution in [2.75, 3.05) is 14.2 Å². The molecule has 0 radical (unpaired) electrons. The molecule has 0 saturated heterocycles. The number of ether oxygens (including phenoxy) is 2. The average molecular weight is 529 g/mol.